The number of methoxy groups -OCH3 is 1. The largest absolute Gasteiger partial charge is 0.507 e. The number of hydrogen-bond donors (Lipinski definition) is 1. The maximum atomic E-state index is 14.0. The molecule has 2 heterocycles. The number of ether oxygens (including phenoxy) is 1. The maximum Gasteiger partial charge on any atom is 0.271 e. The van der Waals surface area contributed by atoms with Gasteiger partial charge in [0, 0.05) is 36.0 Å². The molecule has 1 aromatic heterocycles. The van der Waals surface area contributed by atoms with E-state index in [4.69, 9.17) is 9.73 Å². The molecule has 6 nitrogen and oxygen atoms in total. The number of nitrogens with zero attached hydrogens (tertiary/aromatic N) is 3. The highest BCUT2D eigenvalue weighted by Gasteiger charge is 2.32. The molecule has 198 valence electrons. The third kappa shape index (κ3) is 4.36. The number of aryl methyl sites for hydroxylation is 1. The van der Waals surface area contributed by atoms with Gasteiger partial charge in [-0.2, -0.15) is 0 Å². The lowest BCUT2D eigenvalue weighted by molar-refractivity contribution is 0.414. The molecular formula is C32H31N3O3S. The van der Waals surface area contributed by atoms with Gasteiger partial charge in [-0.3, -0.25) is 9.36 Å². The van der Waals surface area contributed by atoms with Gasteiger partial charge in [0.15, 0.2) is 4.80 Å². The van der Waals surface area contributed by atoms with E-state index in [1.54, 1.807) is 19.3 Å². The van der Waals surface area contributed by atoms with Gasteiger partial charge in [-0.05, 0) is 73.7 Å². The quantitative estimate of drug-likeness (QED) is 0.381. The van der Waals surface area contributed by atoms with E-state index in [0.717, 1.165) is 59.8 Å². The van der Waals surface area contributed by atoms with E-state index in [2.05, 4.69) is 36.9 Å². The lowest BCUT2D eigenvalue weighted by Gasteiger charge is -2.30. The summed E-state index contributed by atoms with van der Waals surface area (Å²) in [5, 5.41) is 10.8. The Balaban J connectivity index is 1.53. The van der Waals surface area contributed by atoms with E-state index >= 15 is 0 Å². The minimum atomic E-state index is -0.253. The molecule has 0 spiro atoms. The van der Waals surface area contributed by atoms with Crippen LogP contribution in [-0.4, -0.2) is 29.9 Å². The van der Waals surface area contributed by atoms with Crippen LogP contribution in [-0.2, 0) is 6.42 Å². The van der Waals surface area contributed by atoms with Gasteiger partial charge >= 0.3 is 0 Å². The number of anilines is 1. The number of hydrogen-bond acceptors (Lipinski definition) is 6. The van der Waals surface area contributed by atoms with Crippen LogP contribution < -0.4 is 24.5 Å². The monoisotopic (exact) mass is 537 g/mol. The first-order valence-corrected chi connectivity index (χ1v) is 14.2. The molecule has 0 saturated heterocycles. The maximum absolute atomic E-state index is 14.0. The van der Waals surface area contributed by atoms with Crippen LogP contribution >= 0.6 is 11.3 Å². The molecule has 4 aromatic rings. The Morgan fingerprint density at radius 3 is 2.56 bits per heavy atom. The van der Waals surface area contributed by atoms with E-state index in [0.29, 0.717) is 14.9 Å². The van der Waals surface area contributed by atoms with Crippen LogP contribution in [0.2, 0.25) is 0 Å². The molecule has 0 unspecified atom stereocenters. The second-order valence-corrected chi connectivity index (χ2v) is 10.8. The second kappa shape index (κ2) is 10.2. The van der Waals surface area contributed by atoms with Crippen LogP contribution in [0.4, 0.5) is 5.69 Å². The van der Waals surface area contributed by atoms with Gasteiger partial charge in [0.25, 0.3) is 5.56 Å². The number of fused-ring (bicyclic) bond motifs is 3. The number of benzene rings is 3. The van der Waals surface area contributed by atoms with Crippen molar-refractivity contribution in [2.24, 2.45) is 4.99 Å². The van der Waals surface area contributed by atoms with Crippen LogP contribution in [0.1, 0.15) is 48.6 Å². The predicted octanol–water partition coefficient (Wildman–Crippen LogP) is 4.88. The molecule has 0 radical (unpaired) electrons. The molecule has 3 aromatic carbocycles. The van der Waals surface area contributed by atoms with Crippen LogP contribution in [0.15, 0.2) is 82.1 Å². The molecule has 0 amide bonds. The van der Waals surface area contributed by atoms with Crippen LogP contribution in [0.3, 0.4) is 0 Å². The van der Waals surface area contributed by atoms with Crippen molar-refractivity contribution in [1.29, 1.82) is 0 Å². The SMILES string of the molecule is CCN(CC)c1ccc(/C=c2\sc3n(c2=O)[C@H](c2ccc(OC)cc2)C2=C(N=3)c3ccccc3CC2)c(O)c1. The third-order valence-electron chi connectivity index (χ3n) is 7.73. The third-order valence-corrected chi connectivity index (χ3v) is 8.72. The number of allylic oxidation sites excluding steroid dienone is 1. The van der Waals surface area contributed by atoms with Gasteiger partial charge in [0.2, 0.25) is 0 Å². The summed E-state index contributed by atoms with van der Waals surface area (Å²) in [6.07, 6.45) is 3.53. The standard InChI is InChI=1S/C32H31N3O3S/c1-4-34(5-2)23-14-10-22(27(36)19-23)18-28-31(37)35-30(21-11-15-24(38-3)16-12-21)26-17-13-20-8-6-7-9-25(20)29(26)33-32(35)39-28/h6-12,14-16,18-19,30,36H,4-5,13,17H2,1-3H3/b28-18-/t30-/m1/s1. The predicted molar refractivity (Wildman–Crippen MR) is 157 cm³/mol. The van der Waals surface area contributed by atoms with Gasteiger partial charge in [-0.15, -0.1) is 0 Å². The summed E-state index contributed by atoms with van der Waals surface area (Å²) in [7, 11) is 1.65. The fourth-order valence-electron chi connectivity index (χ4n) is 5.69. The average molecular weight is 538 g/mol. The van der Waals surface area contributed by atoms with Crippen LogP contribution in [0, 0.1) is 0 Å². The van der Waals surface area contributed by atoms with Crippen molar-refractivity contribution in [3.8, 4) is 11.5 Å². The highest BCUT2D eigenvalue weighted by molar-refractivity contribution is 7.07. The molecule has 0 bridgehead atoms. The first kappa shape index (κ1) is 25.2. The Morgan fingerprint density at radius 1 is 1.08 bits per heavy atom. The Hall–Kier alpha value is -4.10. The summed E-state index contributed by atoms with van der Waals surface area (Å²) in [6, 6.07) is 21.8. The molecule has 1 atom stereocenters. The highest BCUT2D eigenvalue weighted by atomic mass is 32.1. The summed E-state index contributed by atoms with van der Waals surface area (Å²) in [5.74, 6) is 0.933. The van der Waals surface area contributed by atoms with Crippen molar-refractivity contribution >= 4 is 28.8 Å². The number of rotatable bonds is 6. The zero-order valence-electron chi connectivity index (χ0n) is 22.3. The zero-order valence-corrected chi connectivity index (χ0v) is 23.2. The fraction of sp³-hybridized carbons (Fsp3) is 0.250. The second-order valence-electron chi connectivity index (χ2n) is 9.80. The molecule has 1 aliphatic heterocycles. The Morgan fingerprint density at radius 2 is 1.85 bits per heavy atom. The Kier molecular flexibility index (Phi) is 6.61. The summed E-state index contributed by atoms with van der Waals surface area (Å²) in [5.41, 5.74) is 7.05. The van der Waals surface area contributed by atoms with Crippen LogP contribution in [0.5, 0.6) is 11.5 Å². The molecule has 39 heavy (non-hydrogen) atoms. The molecule has 7 heteroatoms. The van der Waals surface area contributed by atoms with E-state index in [1.165, 1.54) is 16.9 Å². The fourth-order valence-corrected chi connectivity index (χ4v) is 6.68. The Bertz CT molecular complexity index is 1760. The summed E-state index contributed by atoms with van der Waals surface area (Å²) < 4.78 is 7.77. The molecule has 2 aliphatic rings. The van der Waals surface area contributed by atoms with E-state index in [1.807, 2.05) is 47.0 Å². The van der Waals surface area contributed by atoms with Crippen molar-refractivity contribution in [3.63, 3.8) is 0 Å². The first-order chi connectivity index (χ1) is 19.0. The highest BCUT2D eigenvalue weighted by Crippen LogP contribution is 2.41. The average Bonchev–Trinajstić information content (AvgIpc) is 3.28. The lowest BCUT2D eigenvalue weighted by atomic mass is 9.83. The number of thiazole rings is 1. The summed E-state index contributed by atoms with van der Waals surface area (Å²) >= 11 is 1.37. The van der Waals surface area contributed by atoms with E-state index in [-0.39, 0.29) is 17.4 Å². The minimum absolute atomic E-state index is 0.0998. The molecule has 0 saturated carbocycles. The van der Waals surface area contributed by atoms with Gasteiger partial charge in [-0.1, -0.05) is 47.7 Å². The van der Waals surface area contributed by atoms with Crippen LogP contribution in [0.25, 0.3) is 11.8 Å². The summed E-state index contributed by atoms with van der Waals surface area (Å²) in [4.78, 5) is 21.9. The zero-order chi connectivity index (χ0) is 27.1. The van der Waals surface area contributed by atoms with Crippen molar-refractivity contribution < 1.29 is 9.84 Å². The van der Waals surface area contributed by atoms with Gasteiger partial charge in [0.05, 0.1) is 23.4 Å². The number of phenols is 1. The van der Waals surface area contributed by atoms with Gasteiger partial charge < -0.3 is 14.7 Å². The molecule has 6 rings (SSSR count). The molecule has 1 N–H and O–H groups in total. The number of aromatic nitrogens is 1. The lowest BCUT2D eigenvalue weighted by Crippen LogP contribution is -2.38. The number of aromatic hydroxyl groups is 1. The minimum Gasteiger partial charge on any atom is -0.507 e. The first-order valence-electron chi connectivity index (χ1n) is 13.4. The topological polar surface area (TPSA) is 67.1 Å². The molecule has 1 aliphatic carbocycles. The molecular weight excluding hydrogens is 506 g/mol. The van der Waals surface area contributed by atoms with E-state index < -0.39 is 0 Å². The van der Waals surface area contributed by atoms with E-state index in [9.17, 15) is 9.90 Å². The van der Waals surface area contributed by atoms with Crippen molar-refractivity contribution in [2.45, 2.75) is 32.7 Å². The smallest absolute Gasteiger partial charge is 0.271 e. The number of phenolic OH excluding ortho intramolecular Hbond substituents is 1. The van der Waals surface area contributed by atoms with Crippen molar-refractivity contribution in [2.75, 3.05) is 25.1 Å². The van der Waals surface area contributed by atoms with Crippen molar-refractivity contribution in [3.05, 3.63) is 114 Å². The Labute approximate surface area is 231 Å². The van der Waals surface area contributed by atoms with Crippen molar-refractivity contribution in [1.82, 2.24) is 4.57 Å². The van der Waals surface area contributed by atoms with Gasteiger partial charge in [0.1, 0.15) is 11.5 Å². The molecule has 0 fully saturated rings. The van der Waals surface area contributed by atoms with Gasteiger partial charge in [-0.25, -0.2) is 4.99 Å². The normalized spacial score (nSPS) is 16.3. The summed E-state index contributed by atoms with van der Waals surface area (Å²) in [6.45, 7) is 5.89.